The van der Waals surface area contributed by atoms with Crippen LogP contribution in [0.5, 0.6) is 5.75 Å². The average Bonchev–Trinajstić information content (AvgIpc) is 2.99. The number of benzene rings is 1. The minimum absolute atomic E-state index is 0.0841. The lowest BCUT2D eigenvalue weighted by molar-refractivity contribution is -0.138. The number of nitrogens with zero attached hydrogens (tertiary/aromatic N) is 1. The van der Waals surface area contributed by atoms with Crippen molar-refractivity contribution in [2.24, 2.45) is 5.73 Å². The molecule has 2 unspecified atom stereocenters. The van der Waals surface area contributed by atoms with Crippen molar-refractivity contribution in [3.05, 3.63) is 30.0 Å². The molecule has 0 aliphatic rings. The van der Waals surface area contributed by atoms with Gasteiger partial charge in [-0.3, -0.25) is 9.59 Å². The molecule has 2 rings (SSSR count). The summed E-state index contributed by atoms with van der Waals surface area (Å²) >= 11 is 0. The Balaban J connectivity index is 2.32. The van der Waals surface area contributed by atoms with Crippen LogP contribution in [0.3, 0.4) is 0 Å². The van der Waals surface area contributed by atoms with Gasteiger partial charge in [-0.1, -0.05) is 0 Å². The summed E-state index contributed by atoms with van der Waals surface area (Å²) in [7, 11) is 1.45. The molecule has 0 fully saturated rings. The van der Waals surface area contributed by atoms with Crippen molar-refractivity contribution >= 4 is 28.8 Å². The maximum Gasteiger partial charge on any atom is 0.408 e. The molecule has 1 aromatic carbocycles. The van der Waals surface area contributed by atoms with Crippen LogP contribution in [0.25, 0.3) is 10.9 Å². The molecule has 0 radical (unpaired) electrons. The second-order valence-electron chi connectivity index (χ2n) is 7.97. The molecule has 0 aliphatic heterocycles. The number of hydrogen-bond acceptors (Lipinski definition) is 5. The fourth-order valence-corrected chi connectivity index (χ4v) is 2.83. The van der Waals surface area contributed by atoms with Gasteiger partial charge in [0.2, 0.25) is 11.8 Å². The first-order valence-electron chi connectivity index (χ1n) is 9.23. The molecule has 3 amide bonds. The van der Waals surface area contributed by atoms with E-state index in [1.807, 2.05) is 0 Å². The SMILES string of the molecule is CC(C(N)=O)N(C)C(=O)C(Cc1c[nH]c2ccc(O)cc12)NC(=O)OC(C)(C)C. The van der Waals surface area contributed by atoms with E-state index >= 15 is 0 Å². The Morgan fingerprint density at radius 2 is 1.97 bits per heavy atom. The standard InChI is InChI=1S/C20H28N4O5/c1-11(17(21)26)24(5)18(27)16(23-19(28)29-20(2,3)4)8-12-10-22-15-7-6-13(25)9-14(12)15/h6-7,9-11,16,22,25H,8H2,1-5H3,(H2,21,26)(H,23,28). The van der Waals surface area contributed by atoms with Crippen molar-refractivity contribution in [2.45, 2.75) is 51.8 Å². The molecule has 9 nitrogen and oxygen atoms in total. The molecule has 9 heteroatoms. The number of primary amides is 1. The zero-order valence-corrected chi connectivity index (χ0v) is 17.3. The number of aromatic nitrogens is 1. The number of carbonyl (C=O) groups is 3. The third kappa shape index (κ3) is 5.63. The van der Waals surface area contributed by atoms with E-state index in [0.717, 1.165) is 10.9 Å². The van der Waals surface area contributed by atoms with Crippen LogP contribution >= 0.6 is 0 Å². The van der Waals surface area contributed by atoms with Gasteiger partial charge in [0.25, 0.3) is 0 Å². The molecule has 0 saturated heterocycles. The van der Waals surface area contributed by atoms with Gasteiger partial charge in [-0.25, -0.2) is 4.79 Å². The monoisotopic (exact) mass is 404 g/mol. The van der Waals surface area contributed by atoms with Crippen LogP contribution in [0.15, 0.2) is 24.4 Å². The van der Waals surface area contributed by atoms with Gasteiger partial charge < -0.3 is 30.8 Å². The van der Waals surface area contributed by atoms with E-state index in [9.17, 15) is 19.5 Å². The number of aromatic amines is 1. The number of phenolic OH excluding ortho intramolecular Hbond substituents is 1. The lowest BCUT2D eigenvalue weighted by atomic mass is 10.0. The maximum atomic E-state index is 13.0. The van der Waals surface area contributed by atoms with E-state index in [1.54, 1.807) is 45.2 Å². The van der Waals surface area contributed by atoms with Gasteiger partial charge in [0.1, 0.15) is 23.4 Å². The molecular formula is C20H28N4O5. The fraction of sp³-hybridized carbons (Fsp3) is 0.450. The van der Waals surface area contributed by atoms with Crippen LogP contribution < -0.4 is 11.1 Å². The number of ether oxygens (including phenoxy) is 1. The van der Waals surface area contributed by atoms with Crippen LogP contribution in [-0.2, 0) is 20.7 Å². The highest BCUT2D eigenvalue weighted by Gasteiger charge is 2.31. The molecule has 5 N–H and O–H groups in total. The molecular weight excluding hydrogens is 376 g/mol. The highest BCUT2D eigenvalue weighted by molar-refractivity contribution is 5.91. The number of fused-ring (bicyclic) bond motifs is 1. The minimum Gasteiger partial charge on any atom is -0.508 e. The summed E-state index contributed by atoms with van der Waals surface area (Å²) in [6, 6.07) is 2.99. The largest absolute Gasteiger partial charge is 0.508 e. The molecule has 2 atom stereocenters. The highest BCUT2D eigenvalue weighted by atomic mass is 16.6. The summed E-state index contributed by atoms with van der Waals surface area (Å²) in [5.74, 6) is -1.06. The van der Waals surface area contributed by atoms with E-state index in [4.69, 9.17) is 10.5 Å². The summed E-state index contributed by atoms with van der Waals surface area (Å²) in [4.78, 5) is 41.1. The van der Waals surface area contributed by atoms with Crippen LogP contribution in [0.1, 0.15) is 33.3 Å². The molecule has 0 aliphatic carbocycles. The number of nitrogens with two attached hydrogens (primary N) is 1. The summed E-state index contributed by atoms with van der Waals surface area (Å²) in [5.41, 5.74) is 6.06. The summed E-state index contributed by atoms with van der Waals surface area (Å²) in [6.07, 6.45) is 1.08. The van der Waals surface area contributed by atoms with Gasteiger partial charge in [-0.15, -0.1) is 0 Å². The lowest BCUT2D eigenvalue weighted by Crippen LogP contribution is -2.54. The van der Waals surface area contributed by atoms with Crippen molar-refractivity contribution in [1.82, 2.24) is 15.2 Å². The molecule has 1 aromatic heterocycles. The Morgan fingerprint density at radius 1 is 1.31 bits per heavy atom. The summed E-state index contributed by atoms with van der Waals surface area (Å²) in [6.45, 7) is 6.65. The molecule has 158 valence electrons. The number of phenols is 1. The van der Waals surface area contributed by atoms with Crippen LogP contribution in [0.2, 0.25) is 0 Å². The molecule has 29 heavy (non-hydrogen) atoms. The maximum absolute atomic E-state index is 13.0. The van der Waals surface area contributed by atoms with Crippen LogP contribution in [-0.4, -0.2) is 57.6 Å². The zero-order chi connectivity index (χ0) is 21.9. The van der Waals surface area contributed by atoms with Gasteiger partial charge in [0.15, 0.2) is 0 Å². The predicted molar refractivity (Wildman–Crippen MR) is 108 cm³/mol. The lowest BCUT2D eigenvalue weighted by Gasteiger charge is -2.28. The number of amides is 3. The van der Waals surface area contributed by atoms with Crippen molar-refractivity contribution in [2.75, 3.05) is 7.05 Å². The quantitative estimate of drug-likeness (QED) is 0.580. The third-order valence-electron chi connectivity index (χ3n) is 4.50. The second-order valence-corrected chi connectivity index (χ2v) is 7.97. The Hall–Kier alpha value is -3.23. The molecule has 0 saturated carbocycles. The average molecular weight is 404 g/mol. The van der Waals surface area contributed by atoms with Gasteiger partial charge in [0, 0.05) is 30.6 Å². The summed E-state index contributed by atoms with van der Waals surface area (Å²) < 4.78 is 5.27. The Labute approximate surface area is 169 Å². The first-order chi connectivity index (χ1) is 13.4. The Morgan fingerprint density at radius 3 is 2.55 bits per heavy atom. The van der Waals surface area contributed by atoms with Gasteiger partial charge in [-0.05, 0) is 51.5 Å². The smallest absolute Gasteiger partial charge is 0.408 e. The highest BCUT2D eigenvalue weighted by Crippen LogP contribution is 2.24. The number of carbonyl (C=O) groups excluding carboxylic acids is 3. The van der Waals surface area contributed by atoms with Gasteiger partial charge >= 0.3 is 6.09 Å². The topological polar surface area (TPSA) is 138 Å². The van der Waals surface area contributed by atoms with E-state index in [-0.39, 0.29) is 12.2 Å². The molecule has 0 bridgehead atoms. The Kier molecular flexibility index (Phi) is 6.41. The van der Waals surface area contributed by atoms with Crippen molar-refractivity contribution in [3.63, 3.8) is 0 Å². The Bertz CT molecular complexity index is 915. The molecule has 2 aromatic rings. The van der Waals surface area contributed by atoms with Crippen LogP contribution in [0.4, 0.5) is 4.79 Å². The molecule has 1 heterocycles. The van der Waals surface area contributed by atoms with E-state index in [2.05, 4.69) is 10.3 Å². The number of hydrogen-bond donors (Lipinski definition) is 4. The van der Waals surface area contributed by atoms with E-state index < -0.39 is 35.6 Å². The van der Waals surface area contributed by atoms with E-state index in [0.29, 0.717) is 5.56 Å². The van der Waals surface area contributed by atoms with Crippen molar-refractivity contribution in [1.29, 1.82) is 0 Å². The number of rotatable bonds is 6. The first-order valence-corrected chi connectivity index (χ1v) is 9.23. The van der Waals surface area contributed by atoms with E-state index in [1.165, 1.54) is 18.9 Å². The van der Waals surface area contributed by atoms with Crippen LogP contribution in [0, 0.1) is 0 Å². The van der Waals surface area contributed by atoms with Gasteiger partial charge in [-0.2, -0.15) is 0 Å². The third-order valence-corrected chi connectivity index (χ3v) is 4.50. The van der Waals surface area contributed by atoms with Crippen molar-refractivity contribution < 1.29 is 24.2 Å². The second kappa shape index (κ2) is 8.42. The number of likely N-dealkylation sites (N-methyl/N-ethyl adjacent to an activating group) is 1. The predicted octanol–water partition coefficient (Wildman–Crippen LogP) is 1.64. The molecule has 0 spiro atoms. The number of aromatic hydroxyl groups is 1. The van der Waals surface area contributed by atoms with Crippen molar-refractivity contribution in [3.8, 4) is 5.75 Å². The summed E-state index contributed by atoms with van der Waals surface area (Å²) in [5, 5.41) is 13.1. The fourth-order valence-electron chi connectivity index (χ4n) is 2.83. The zero-order valence-electron chi connectivity index (χ0n) is 17.3. The first kappa shape index (κ1) is 22.1. The normalized spacial score (nSPS) is 13.6. The van der Waals surface area contributed by atoms with Gasteiger partial charge in [0.05, 0.1) is 0 Å². The minimum atomic E-state index is -1.00. The number of alkyl carbamates (subject to hydrolysis) is 1. The number of H-pyrrole nitrogens is 1. The number of nitrogens with one attached hydrogen (secondary N) is 2.